The molecule has 0 radical (unpaired) electrons. The molecule has 0 aliphatic rings. The molecule has 0 fully saturated rings. The fourth-order valence-electron chi connectivity index (χ4n) is 2.15. The van der Waals surface area contributed by atoms with Crippen LogP contribution in [-0.2, 0) is 11.2 Å². The second kappa shape index (κ2) is 6.18. The minimum absolute atomic E-state index is 0.129. The topological polar surface area (TPSA) is 37.3 Å². The van der Waals surface area contributed by atoms with Gasteiger partial charge in [0, 0.05) is 4.47 Å². The van der Waals surface area contributed by atoms with Crippen molar-refractivity contribution in [1.82, 2.24) is 0 Å². The van der Waals surface area contributed by atoms with Gasteiger partial charge in [-0.1, -0.05) is 45.8 Å². The summed E-state index contributed by atoms with van der Waals surface area (Å²) in [6, 6.07) is 11.9. The third-order valence-electron chi connectivity index (χ3n) is 3.17. The zero-order valence-electron chi connectivity index (χ0n) is 10.9. The first kappa shape index (κ1) is 14.7. The zero-order chi connectivity index (χ0) is 14.7. The zero-order valence-corrected chi connectivity index (χ0v) is 12.5. The van der Waals surface area contributed by atoms with E-state index in [1.165, 1.54) is 6.07 Å². The van der Waals surface area contributed by atoms with Gasteiger partial charge in [0.1, 0.15) is 5.82 Å². The summed E-state index contributed by atoms with van der Waals surface area (Å²) in [4.78, 5) is 11.5. The average molecular weight is 337 g/mol. The number of carboxylic acids is 1. The van der Waals surface area contributed by atoms with E-state index in [0.717, 1.165) is 10.0 Å². The van der Waals surface area contributed by atoms with Gasteiger partial charge in [-0.3, -0.25) is 4.79 Å². The number of rotatable bonds is 4. The number of aliphatic carboxylic acids is 1. The smallest absolute Gasteiger partial charge is 0.311 e. The van der Waals surface area contributed by atoms with E-state index >= 15 is 0 Å². The van der Waals surface area contributed by atoms with Crippen molar-refractivity contribution < 1.29 is 14.3 Å². The quantitative estimate of drug-likeness (QED) is 0.903. The van der Waals surface area contributed by atoms with Crippen molar-refractivity contribution in [2.24, 2.45) is 0 Å². The molecule has 0 bridgehead atoms. The summed E-state index contributed by atoms with van der Waals surface area (Å²) in [5.74, 6) is -2.08. The maximum absolute atomic E-state index is 13.8. The van der Waals surface area contributed by atoms with Crippen molar-refractivity contribution >= 4 is 21.9 Å². The minimum atomic E-state index is -0.949. The Morgan fingerprint density at radius 3 is 2.70 bits per heavy atom. The maximum atomic E-state index is 13.8. The van der Waals surface area contributed by atoms with Gasteiger partial charge < -0.3 is 5.11 Å². The van der Waals surface area contributed by atoms with Gasteiger partial charge in [-0.2, -0.15) is 0 Å². The first-order chi connectivity index (χ1) is 9.47. The highest BCUT2D eigenvalue weighted by Gasteiger charge is 2.22. The predicted octanol–water partition coefficient (Wildman–Crippen LogP) is 4.31. The molecule has 0 amide bonds. The minimum Gasteiger partial charge on any atom is -0.481 e. The molecule has 0 aliphatic carbocycles. The van der Waals surface area contributed by atoms with E-state index in [-0.39, 0.29) is 12.2 Å². The Morgan fingerprint density at radius 1 is 1.30 bits per heavy atom. The van der Waals surface area contributed by atoms with E-state index in [9.17, 15) is 14.3 Å². The number of hydrogen-bond acceptors (Lipinski definition) is 1. The first-order valence-corrected chi connectivity index (χ1v) is 7.00. The van der Waals surface area contributed by atoms with Crippen LogP contribution in [0.3, 0.4) is 0 Å². The highest BCUT2D eigenvalue weighted by atomic mass is 79.9. The highest BCUT2D eigenvalue weighted by molar-refractivity contribution is 9.10. The Kier molecular flexibility index (Phi) is 4.55. The summed E-state index contributed by atoms with van der Waals surface area (Å²) in [5, 5.41) is 9.40. The van der Waals surface area contributed by atoms with Gasteiger partial charge in [0.2, 0.25) is 0 Å². The van der Waals surface area contributed by atoms with Gasteiger partial charge in [0.25, 0.3) is 0 Å². The van der Waals surface area contributed by atoms with Crippen LogP contribution >= 0.6 is 15.9 Å². The molecule has 0 saturated carbocycles. The van der Waals surface area contributed by atoms with Crippen LogP contribution < -0.4 is 0 Å². The summed E-state index contributed by atoms with van der Waals surface area (Å²) >= 11 is 3.28. The SMILES string of the molecule is Cc1cccc(C(Cc2cc(Br)ccc2F)C(=O)O)c1. The van der Waals surface area contributed by atoms with Crippen molar-refractivity contribution in [2.45, 2.75) is 19.3 Å². The summed E-state index contributed by atoms with van der Waals surface area (Å²) in [6.07, 6.45) is 0.129. The van der Waals surface area contributed by atoms with Crippen molar-refractivity contribution in [3.63, 3.8) is 0 Å². The van der Waals surface area contributed by atoms with E-state index in [2.05, 4.69) is 15.9 Å². The first-order valence-electron chi connectivity index (χ1n) is 6.20. The van der Waals surface area contributed by atoms with Crippen LogP contribution in [0.25, 0.3) is 0 Å². The molecule has 1 N–H and O–H groups in total. The van der Waals surface area contributed by atoms with E-state index < -0.39 is 11.9 Å². The van der Waals surface area contributed by atoms with Gasteiger partial charge in [-0.25, -0.2) is 4.39 Å². The van der Waals surface area contributed by atoms with Crippen molar-refractivity contribution in [2.75, 3.05) is 0 Å². The van der Waals surface area contributed by atoms with Crippen LogP contribution in [0.15, 0.2) is 46.9 Å². The standard InChI is InChI=1S/C16H14BrFO2/c1-10-3-2-4-11(7-10)14(16(19)20)9-12-8-13(17)5-6-15(12)18/h2-8,14H,9H2,1H3,(H,19,20). The second-order valence-corrected chi connectivity index (χ2v) is 5.66. The van der Waals surface area contributed by atoms with Crippen LogP contribution in [0.2, 0.25) is 0 Å². The molecule has 2 aromatic rings. The van der Waals surface area contributed by atoms with Crippen LogP contribution in [0.1, 0.15) is 22.6 Å². The lowest BCUT2D eigenvalue weighted by atomic mass is 9.91. The largest absolute Gasteiger partial charge is 0.481 e. The number of benzene rings is 2. The van der Waals surface area contributed by atoms with E-state index in [1.807, 2.05) is 25.1 Å². The Labute approximate surface area is 125 Å². The summed E-state index contributed by atoms with van der Waals surface area (Å²) < 4.78 is 14.5. The van der Waals surface area contributed by atoms with Gasteiger partial charge >= 0.3 is 5.97 Å². The molecule has 1 unspecified atom stereocenters. The Bertz CT molecular complexity index is 640. The third kappa shape index (κ3) is 3.45. The predicted molar refractivity (Wildman–Crippen MR) is 79.4 cm³/mol. The van der Waals surface area contributed by atoms with Crippen molar-refractivity contribution in [1.29, 1.82) is 0 Å². The molecule has 4 heteroatoms. The van der Waals surface area contributed by atoms with Crippen molar-refractivity contribution in [3.05, 3.63) is 69.4 Å². The van der Waals surface area contributed by atoms with Crippen LogP contribution in [0.4, 0.5) is 4.39 Å². The lowest BCUT2D eigenvalue weighted by molar-refractivity contribution is -0.138. The molecule has 0 saturated heterocycles. The number of carboxylic acid groups (broad SMARTS) is 1. The second-order valence-electron chi connectivity index (χ2n) is 4.74. The van der Waals surface area contributed by atoms with E-state index in [4.69, 9.17) is 0 Å². The number of halogens is 2. The molecule has 20 heavy (non-hydrogen) atoms. The van der Waals surface area contributed by atoms with E-state index in [1.54, 1.807) is 18.2 Å². The van der Waals surface area contributed by atoms with Gasteiger partial charge in [0.15, 0.2) is 0 Å². The summed E-state index contributed by atoms with van der Waals surface area (Å²) in [7, 11) is 0. The number of carbonyl (C=O) groups is 1. The molecular formula is C16H14BrFO2. The molecule has 1 atom stereocenters. The summed E-state index contributed by atoms with van der Waals surface area (Å²) in [6.45, 7) is 1.90. The Balaban J connectivity index is 2.35. The van der Waals surface area contributed by atoms with Crippen LogP contribution in [-0.4, -0.2) is 11.1 Å². The number of hydrogen-bond donors (Lipinski definition) is 1. The fourth-order valence-corrected chi connectivity index (χ4v) is 2.56. The highest BCUT2D eigenvalue weighted by Crippen LogP contribution is 2.25. The number of aryl methyl sites for hydroxylation is 1. The van der Waals surface area contributed by atoms with Crippen molar-refractivity contribution in [3.8, 4) is 0 Å². The molecule has 0 spiro atoms. The molecule has 104 valence electrons. The van der Waals surface area contributed by atoms with Gasteiger partial charge in [-0.15, -0.1) is 0 Å². The van der Waals surface area contributed by atoms with E-state index in [0.29, 0.717) is 11.1 Å². The normalized spacial score (nSPS) is 12.2. The molecule has 0 aliphatic heterocycles. The Morgan fingerprint density at radius 2 is 2.05 bits per heavy atom. The molecule has 2 nitrogen and oxygen atoms in total. The van der Waals surface area contributed by atoms with Crippen LogP contribution in [0.5, 0.6) is 0 Å². The maximum Gasteiger partial charge on any atom is 0.311 e. The molecule has 0 aromatic heterocycles. The summed E-state index contributed by atoms with van der Waals surface area (Å²) in [5.41, 5.74) is 2.08. The van der Waals surface area contributed by atoms with Gasteiger partial charge in [0.05, 0.1) is 5.92 Å². The molecule has 2 rings (SSSR count). The van der Waals surface area contributed by atoms with Gasteiger partial charge in [-0.05, 0) is 42.7 Å². The Hall–Kier alpha value is -1.68. The lowest BCUT2D eigenvalue weighted by Gasteiger charge is -2.14. The third-order valence-corrected chi connectivity index (χ3v) is 3.67. The lowest BCUT2D eigenvalue weighted by Crippen LogP contribution is -2.15. The monoisotopic (exact) mass is 336 g/mol. The molecular weight excluding hydrogens is 323 g/mol. The molecule has 2 aromatic carbocycles. The van der Waals surface area contributed by atoms with Crippen LogP contribution in [0, 0.1) is 12.7 Å². The molecule has 0 heterocycles. The average Bonchev–Trinajstić information content (AvgIpc) is 2.39. The fraction of sp³-hybridized carbons (Fsp3) is 0.188.